The zero-order chi connectivity index (χ0) is 33.4. The van der Waals surface area contributed by atoms with Gasteiger partial charge in [0, 0.05) is 13.0 Å². The van der Waals surface area contributed by atoms with Gasteiger partial charge in [0.25, 0.3) is 0 Å². The molecule has 46 heavy (non-hydrogen) atoms. The summed E-state index contributed by atoms with van der Waals surface area (Å²) < 4.78 is 11.1. The standard InChI is InChI=1S/C42H82O4/c1-3-5-7-9-11-13-15-17-19-20-21-22-23-24-26-28-30-32-34-36-38-45-40-41(39-43)46-42(44)37-35-33-31-29-27-25-18-16-14-12-10-8-6-4-2/h16,18,41,43H,3-15,17,19-40H2,1-2H3/b18-16-. The van der Waals surface area contributed by atoms with Crippen molar-refractivity contribution in [3.8, 4) is 0 Å². The maximum atomic E-state index is 12.2. The molecule has 274 valence electrons. The quantitative estimate of drug-likeness (QED) is 0.0408. The van der Waals surface area contributed by atoms with Crippen LogP contribution in [0, 0.1) is 0 Å². The average molecular weight is 651 g/mol. The van der Waals surface area contributed by atoms with Crippen molar-refractivity contribution in [2.75, 3.05) is 19.8 Å². The lowest BCUT2D eigenvalue weighted by atomic mass is 10.0. The van der Waals surface area contributed by atoms with Crippen LogP contribution in [-0.4, -0.2) is 37.0 Å². The Balaban J connectivity index is 3.37. The largest absolute Gasteiger partial charge is 0.457 e. The van der Waals surface area contributed by atoms with Crippen LogP contribution in [0.25, 0.3) is 0 Å². The van der Waals surface area contributed by atoms with Crippen molar-refractivity contribution < 1.29 is 19.4 Å². The van der Waals surface area contributed by atoms with Gasteiger partial charge in [0.15, 0.2) is 0 Å². The molecule has 0 aliphatic heterocycles. The van der Waals surface area contributed by atoms with E-state index in [-0.39, 0.29) is 12.6 Å². The van der Waals surface area contributed by atoms with Crippen LogP contribution in [0.2, 0.25) is 0 Å². The van der Waals surface area contributed by atoms with Crippen LogP contribution in [0.5, 0.6) is 0 Å². The van der Waals surface area contributed by atoms with E-state index in [0.717, 1.165) is 19.3 Å². The lowest BCUT2D eigenvalue weighted by Gasteiger charge is -2.15. The summed E-state index contributed by atoms with van der Waals surface area (Å²) in [5.74, 6) is -0.205. The number of aliphatic hydroxyl groups is 1. The van der Waals surface area contributed by atoms with Gasteiger partial charge in [0.2, 0.25) is 0 Å². The highest BCUT2D eigenvalue weighted by Gasteiger charge is 2.13. The number of esters is 1. The summed E-state index contributed by atoms with van der Waals surface area (Å²) in [6, 6.07) is 0. The molecule has 0 saturated heterocycles. The minimum absolute atomic E-state index is 0.169. The van der Waals surface area contributed by atoms with Crippen LogP contribution in [0.3, 0.4) is 0 Å². The Labute approximate surface area is 288 Å². The normalized spacial score (nSPS) is 12.3. The number of rotatable bonds is 39. The average Bonchev–Trinajstić information content (AvgIpc) is 3.06. The molecular weight excluding hydrogens is 568 g/mol. The Hall–Kier alpha value is -0.870. The highest BCUT2D eigenvalue weighted by atomic mass is 16.6. The molecule has 0 fully saturated rings. The Bertz CT molecular complexity index is 604. The predicted molar refractivity (Wildman–Crippen MR) is 201 cm³/mol. The van der Waals surface area contributed by atoms with Crippen molar-refractivity contribution >= 4 is 5.97 Å². The second-order valence-corrected chi connectivity index (χ2v) is 14.1. The molecule has 0 spiro atoms. The van der Waals surface area contributed by atoms with Gasteiger partial charge in [-0.3, -0.25) is 4.79 Å². The van der Waals surface area contributed by atoms with Crippen LogP contribution in [0.1, 0.15) is 226 Å². The van der Waals surface area contributed by atoms with Gasteiger partial charge in [-0.25, -0.2) is 0 Å². The van der Waals surface area contributed by atoms with Crippen LogP contribution in [0.15, 0.2) is 12.2 Å². The minimum Gasteiger partial charge on any atom is -0.457 e. The van der Waals surface area contributed by atoms with Crippen molar-refractivity contribution in [2.45, 2.75) is 232 Å². The zero-order valence-corrected chi connectivity index (χ0v) is 31.4. The highest BCUT2D eigenvalue weighted by molar-refractivity contribution is 5.69. The van der Waals surface area contributed by atoms with Crippen molar-refractivity contribution in [2.24, 2.45) is 0 Å². The molecule has 0 aliphatic carbocycles. The summed E-state index contributed by atoms with van der Waals surface area (Å²) in [7, 11) is 0. The predicted octanol–water partition coefficient (Wildman–Crippen LogP) is 13.4. The van der Waals surface area contributed by atoms with Gasteiger partial charge in [-0.1, -0.05) is 193 Å². The molecule has 0 saturated carbocycles. The van der Waals surface area contributed by atoms with Gasteiger partial charge in [-0.15, -0.1) is 0 Å². The van der Waals surface area contributed by atoms with Crippen LogP contribution in [0.4, 0.5) is 0 Å². The fourth-order valence-corrected chi connectivity index (χ4v) is 6.21. The monoisotopic (exact) mass is 651 g/mol. The lowest BCUT2D eigenvalue weighted by Crippen LogP contribution is -2.27. The lowest BCUT2D eigenvalue weighted by molar-refractivity contribution is -0.154. The molecule has 4 heteroatoms. The molecule has 0 aromatic heterocycles. The van der Waals surface area contributed by atoms with Gasteiger partial charge < -0.3 is 14.6 Å². The first-order chi connectivity index (χ1) is 22.7. The maximum Gasteiger partial charge on any atom is 0.306 e. The Morgan fingerprint density at radius 2 is 0.848 bits per heavy atom. The molecule has 1 N–H and O–H groups in total. The van der Waals surface area contributed by atoms with E-state index in [0.29, 0.717) is 19.6 Å². The fraction of sp³-hybridized carbons (Fsp3) is 0.929. The van der Waals surface area contributed by atoms with Gasteiger partial charge in [-0.2, -0.15) is 0 Å². The molecule has 0 heterocycles. The van der Waals surface area contributed by atoms with Gasteiger partial charge >= 0.3 is 5.97 Å². The number of unbranched alkanes of at least 4 members (excludes halogenated alkanes) is 29. The van der Waals surface area contributed by atoms with Gasteiger partial charge in [0.05, 0.1) is 13.2 Å². The molecule has 0 aromatic carbocycles. The van der Waals surface area contributed by atoms with Gasteiger partial charge in [-0.05, 0) is 38.5 Å². The van der Waals surface area contributed by atoms with Crippen LogP contribution >= 0.6 is 0 Å². The highest BCUT2D eigenvalue weighted by Crippen LogP contribution is 2.15. The second-order valence-electron chi connectivity index (χ2n) is 14.1. The molecular formula is C42H82O4. The molecule has 1 unspecified atom stereocenters. The first-order valence-corrected chi connectivity index (χ1v) is 20.8. The number of ether oxygens (including phenoxy) is 2. The first-order valence-electron chi connectivity index (χ1n) is 20.8. The fourth-order valence-electron chi connectivity index (χ4n) is 6.21. The molecule has 0 rings (SSSR count). The third-order valence-corrected chi connectivity index (χ3v) is 9.34. The molecule has 0 amide bonds. The minimum atomic E-state index is -0.531. The molecule has 4 nitrogen and oxygen atoms in total. The van der Waals surface area contributed by atoms with E-state index in [1.165, 1.54) is 186 Å². The summed E-state index contributed by atoms with van der Waals surface area (Å²) in [6.07, 6.45) is 47.0. The van der Waals surface area contributed by atoms with E-state index in [9.17, 15) is 9.90 Å². The maximum absolute atomic E-state index is 12.2. The number of aliphatic hydroxyl groups excluding tert-OH is 1. The summed E-state index contributed by atoms with van der Waals surface area (Å²) >= 11 is 0. The second kappa shape index (κ2) is 40.3. The molecule has 0 radical (unpaired) electrons. The Morgan fingerprint density at radius 1 is 0.500 bits per heavy atom. The number of allylic oxidation sites excluding steroid dienone is 2. The molecule has 0 bridgehead atoms. The van der Waals surface area contributed by atoms with E-state index >= 15 is 0 Å². The smallest absolute Gasteiger partial charge is 0.306 e. The molecule has 0 aliphatic rings. The van der Waals surface area contributed by atoms with E-state index < -0.39 is 6.10 Å². The Kier molecular flexibility index (Phi) is 39.5. The number of hydrogen-bond acceptors (Lipinski definition) is 4. The molecule has 0 aromatic rings. The van der Waals surface area contributed by atoms with Crippen molar-refractivity contribution in [1.82, 2.24) is 0 Å². The van der Waals surface area contributed by atoms with Crippen molar-refractivity contribution in [1.29, 1.82) is 0 Å². The number of carbonyl (C=O) groups excluding carboxylic acids is 1. The first kappa shape index (κ1) is 45.1. The van der Waals surface area contributed by atoms with Crippen LogP contribution in [-0.2, 0) is 14.3 Å². The number of hydrogen-bond donors (Lipinski definition) is 1. The van der Waals surface area contributed by atoms with Crippen molar-refractivity contribution in [3.05, 3.63) is 12.2 Å². The summed E-state index contributed by atoms with van der Waals surface area (Å²) in [5.41, 5.74) is 0. The van der Waals surface area contributed by atoms with Gasteiger partial charge in [0.1, 0.15) is 6.10 Å². The van der Waals surface area contributed by atoms with E-state index in [1.807, 2.05) is 0 Å². The van der Waals surface area contributed by atoms with E-state index in [2.05, 4.69) is 26.0 Å². The molecule has 1 atom stereocenters. The number of carbonyl (C=O) groups is 1. The Morgan fingerprint density at radius 3 is 1.24 bits per heavy atom. The third kappa shape index (κ3) is 37.6. The topological polar surface area (TPSA) is 55.8 Å². The van der Waals surface area contributed by atoms with Crippen LogP contribution < -0.4 is 0 Å². The summed E-state index contributed by atoms with van der Waals surface area (Å²) in [6.45, 7) is 5.37. The third-order valence-electron chi connectivity index (χ3n) is 9.34. The van der Waals surface area contributed by atoms with E-state index in [1.54, 1.807) is 0 Å². The SMILES string of the molecule is CCCCCCC/C=C\CCCCCCCC(=O)OC(CO)COCCCCCCCCCCCCCCCCCCCCCC. The zero-order valence-electron chi connectivity index (χ0n) is 31.4. The van der Waals surface area contributed by atoms with E-state index in [4.69, 9.17) is 9.47 Å². The van der Waals surface area contributed by atoms with Crippen molar-refractivity contribution in [3.63, 3.8) is 0 Å². The summed E-state index contributed by atoms with van der Waals surface area (Å²) in [4.78, 5) is 12.2. The summed E-state index contributed by atoms with van der Waals surface area (Å²) in [5, 5.41) is 9.58.